The summed E-state index contributed by atoms with van der Waals surface area (Å²) in [4.78, 5) is 0. The van der Waals surface area contributed by atoms with Gasteiger partial charge in [-0.25, -0.2) is 0 Å². The van der Waals surface area contributed by atoms with Crippen LogP contribution in [0.4, 0.5) is 0 Å². The van der Waals surface area contributed by atoms with Gasteiger partial charge >= 0.3 is 0 Å². The van der Waals surface area contributed by atoms with Crippen LogP contribution in [0.5, 0.6) is 0 Å². The number of hydrogen-bond acceptors (Lipinski definition) is 0. The molecule has 8 aromatic carbocycles. The molecule has 46 heavy (non-hydrogen) atoms. The van der Waals surface area contributed by atoms with Gasteiger partial charge in [-0.1, -0.05) is 133 Å². The topological polar surface area (TPSA) is 0 Å². The van der Waals surface area contributed by atoms with Gasteiger partial charge in [-0.2, -0.15) is 0 Å². The van der Waals surface area contributed by atoms with Gasteiger partial charge < -0.3 is 0 Å². The van der Waals surface area contributed by atoms with Crippen molar-refractivity contribution >= 4 is 32.3 Å². The molecule has 0 fully saturated rings. The Morgan fingerprint density at radius 1 is 0.283 bits per heavy atom. The van der Waals surface area contributed by atoms with Gasteiger partial charge in [0, 0.05) is 0 Å². The molecular weight excluding hydrogens is 553 g/mol. The van der Waals surface area contributed by atoms with Crippen molar-refractivity contribution in [1.82, 2.24) is 0 Å². The Labute approximate surface area is 271 Å². The Balaban J connectivity index is 1.60. The molecule has 0 N–H and O–H groups in total. The fraction of sp³-hybridized carbons (Fsp3) is 0.0870. The normalized spacial score (nSPS) is 11.5. The molecule has 0 heterocycles. The van der Waals surface area contributed by atoms with Crippen LogP contribution in [0.1, 0.15) is 22.3 Å². The summed E-state index contributed by atoms with van der Waals surface area (Å²) in [6.45, 7) is 8.99. The molecule has 0 saturated heterocycles. The van der Waals surface area contributed by atoms with Crippen molar-refractivity contribution in [2.45, 2.75) is 27.7 Å². The third kappa shape index (κ3) is 4.61. The van der Waals surface area contributed by atoms with Gasteiger partial charge in [0.15, 0.2) is 0 Å². The molecule has 0 aliphatic heterocycles. The largest absolute Gasteiger partial charge is 0.0622 e. The van der Waals surface area contributed by atoms with E-state index in [1.165, 1.54) is 99.1 Å². The number of hydrogen-bond donors (Lipinski definition) is 0. The minimum Gasteiger partial charge on any atom is -0.0622 e. The van der Waals surface area contributed by atoms with E-state index in [0.29, 0.717) is 0 Å². The first kappa shape index (κ1) is 28.0. The average molecular weight is 589 g/mol. The van der Waals surface area contributed by atoms with E-state index in [-0.39, 0.29) is 0 Å². The van der Waals surface area contributed by atoms with Gasteiger partial charge in [-0.05, 0) is 139 Å². The Hall–Kier alpha value is -5.46. The summed E-state index contributed by atoms with van der Waals surface area (Å²) in [6, 6.07) is 54.0. The highest BCUT2D eigenvalue weighted by molar-refractivity contribution is 6.24. The van der Waals surface area contributed by atoms with Crippen molar-refractivity contribution in [3.05, 3.63) is 168 Å². The van der Waals surface area contributed by atoms with Crippen LogP contribution in [0.3, 0.4) is 0 Å². The van der Waals surface area contributed by atoms with Gasteiger partial charge in [0.25, 0.3) is 0 Å². The zero-order chi connectivity index (χ0) is 31.4. The standard InChI is InChI=1S/C46H36/c1-29-23-40-42(25-31(29)3)46(44-28-36-20-12-11-19-35(36)27-39(44)34-17-9-6-10-18-34)43-26-32(4)30(2)24-41(43)45(40)38-22-14-13-21-37(38)33-15-7-5-8-16-33/h5-28H,1-4H3. The quantitative estimate of drug-likeness (QED) is 0.179. The van der Waals surface area contributed by atoms with E-state index in [4.69, 9.17) is 0 Å². The van der Waals surface area contributed by atoms with Gasteiger partial charge in [-0.15, -0.1) is 0 Å². The number of aryl methyl sites for hydroxylation is 4. The van der Waals surface area contributed by atoms with Crippen LogP contribution in [0.25, 0.3) is 76.8 Å². The van der Waals surface area contributed by atoms with Crippen LogP contribution >= 0.6 is 0 Å². The van der Waals surface area contributed by atoms with Gasteiger partial charge in [-0.3, -0.25) is 0 Å². The summed E-state index contributed by atoms with van der Waals surface area (Å²) in [5, 5.41) is 7.69. The molecule has 0 radical (unpaired) electrons. The SMILES string of the molecule is Cc1cc2c(-c3ccccc3-c3ccccc3)c3cc(C)c(C)cc3c(-c3cc4ccccc4cc3-c3ccccc3)c2cc1C. The third-order valence-electron chi connectivity index (χ3n) is 9.87. The maximum Gasteiger partial charge on any atom is -0.00197 e. The van der Waals surface area contributed by atoms with Crippen molar-refractivity contribution in [3.63, 3.8) is 0 Å². The van der Waals surface area contributed by atoms with Crippen LogP contribution in [0, 0.1) is 27.7 Å². The predicted molar refractivity (Wildman–Crippen MR) is 200 cm³/mol. The van der Waals surface area contributed by atoms with Crippen molar-refractivity contribution in [2.75, 3.05) is 0 Å². The van der Waals surface area contributed by atoms with Gasteiger partial charge in [0.2, 0.25) is 0 Å². The zero-order valence-corrected chi connectivity index (χ0v) is 26.9. The summed E-state index contributed by atoms with van der Waals surface area (Å²) in [6.07, 6.45) is 0. The Morgan fingerprint density at radius 3 is 1.11 bits per heavy atom. The molecule has 0 aromatic heterocycles. The van der Waals surface area contributed by atoms with Gasteiger partial charge in [0.05, 0.1) is 0 Å². The van der Waals surface area contributed by atoms with E-state index in [1.807, 2.05) is 0 Å². The van der Waals surface area contributed by atoms with E-state index in [1.54, 1.807) is 0 Å². The van der Waals surface area contributed by atoms with Gasteiger partial charge in [0.1, 0.15) is 0 Å². The fourth-order valence-electron chi connectivity index (χ4n) is 7.20. The minimum absolute atomic E-state index is 1.23. The smallest absolute Gasteiger partial charge is 0.00197 e. The summed E-state index contributed by atoms with van der Waals surface area (Å²) in [5.74, 6) is 0. The number of benzene rings is 8. The summed E-state index contributed by atoms with van der Waals surface area (Å²) < 4.78 is 0. The molecule has 0 spiro atoms. The van der Waals surface area contributed by atoms with E-state index in [2.05, 4.69) is 173 Å². The molecule has 0 atom stereocenters. The second-order valence-corrected chi connectivity index (χ2v) is 12.7. The van der Waals surface area contributed by atoms with Crippen molar-refractivity contribution in [2.24, 2.45) is 0 Å². The lowest BCUT2D eigenvalue weighted by Crippen LogP contribution is -1.97. The monoisotopic (exact) mass is 588 g/mol. The lowest BCUT2D eigenvalue weighted by molar-refractivity contribution is 1.36. The van der Waals surface area contributed by atoms with Crippen LogP contribution in [0.15, 0.2) is 146 Å². The highest BCUT2D eigenvalue weighted by Crippen LogP contribution is 2.49. The van der Waals surface area contributed by atoms with Crippen LogP contribution in [0.2, 0.25) is 0 Å². The third-order valence-corrected chi connectivity index (χ3v) is 9.87. The maximum atomic E-state index is 2.44. The zero-order valence-electron chi connectivity index (χ0n) is 26.9. The van der Waals surface area contributed by atoms with Crippen LogP contribution < -0.4 is 0 Å². The lowest BCUT2D eigenvalue weighted by atomic mass is 9.80. The molecule has 0 saturated carbocycles. The number of rotatable bonds is 4. The Bertz CT molecular complexity index is 2360. The fourth-order valence-corrected chi connectivity index (χ4v) is 7.20. The van der Waals surface area contributed by atoms with Crippen molar-refractivity contribution in [3.8, 4) is 44.5 Å². The van der Waals surface area contributed by atoms with Crippen molar-refractivity contribution < 1.29 is 0 Å². The molecule has 0 amide bonds. The molecule has 0 bridgehead atoms. The molecule has 0 heteroatoms. The van der Waals surface area contributed by atoms with Crippen LogP contribution in [-0.4, -0.2) is 0 Å². The first-order valence-corrected chi connectivity index (χ1v) is 16.2. The molecule has 0 aliphatic rings. The highest BCUT2D eigenvalue weighted by atomic mass is 14.3. The molecule has 0 nitrogen and oxygen atoms in total. The predicted octanol–water partition coefficient (Wildman–Crippen LogP) is 13.0. The van der Waals surface area contributed by atoms with E-state index < -0.39 is 0 Å². The van der Waals surface area contributed by atoms with Crippen molar-refractivity contribution in [1.29, 1.82) is 0 Å². The summed E-state index contributed by atoms with van der Waals surface area (Å²) in [5.41, 5.74) is 15.4. The summed E-state index contributed by atoms with van der Waals surface area (Å²) >= 11 is 0. The first-order chi connectivity index (χ1) is 22.5. The molecule has 8 aromatic rings. The van der Waals surface area contributed by atoms with Crippen LogP contribution in [-0.2, 0) is 0 Å². The maximum absolute atomic E-state index is 2.44. The first-order valence-electron chi connectivity index (χ1n) is 16.2. The second-order valence-electron chi connectivity index (χ2n) is 12.7. The molecule has 0 unspecified atom stereocenters. The Morgan fingerprint density at radius 2 is 0.630 bits per heavy atom. The summed E-state index contributed by atoms with van der Waals surface area (Å²) in [7, 11) is 0. The lowest BCUT2D eigenvalue weighted by Gasteiger charge is -2.23. The Kier molecular flexibility index (Phi) is 6.80. The minimum atomic E-state index is 1.23. The molecule has 0 aliphatic carbocycles. The number of fused-ring (bicyclic) bond motifs is 3. The molecular formula is C46H36. The highest BCUT2D eigenvalue weighted by Gasteiger charge is 2.22. The average Bonchev–Trinajstić information content (AvgIpc) is 3.09. The van der Waals surface area contributed by atoms with E-state index in [0.717, 1.165) is 0 Å². The molecule has 220 valence electrons. The van der Waals surface area contributed by atoms with E-state index >= 15 is 0 Å². The molecule has 8 rings (SSSR count). The van der Waals surface area contributed by atoms with E-state index in [9.17, 15) is 0 Å². The second kappa shape index (κ2) is 11.2.